The molecule has 140 valence electrons. The van der Waals surface area contributed by atoms with Gasteiger partial charge in [0.25, 0.3) is 0 Å². The lowest BCUT2D eigenvalue weighted by molar-refractivity contribution is -0.492. The summed E-state index contributed by atoms with van der Waals surface area (Å²) in [7, 11) is 0. The van der Waals surface area contributed by atoms with Crippen LogP contribution in [0, 0.1) is 5.21 Å². The van der Waals surface area contributed by atoms with Crippen LogP contribution in [-0.2, 0) is 23.7 Å². The van der Waals surface area contributed by atoms with E-state index in [-0.39, 0.29) is 17.5 Å². The van der Waals surface area contributed by atoms with Gasteiger partial charge in [-0.3, -0.25) is 0 Å². The summed E-state index contributed by atoms with van der Waals surface area (Å²) < 4.78 is 30.3. The van der Waals surface area contributed by atoms with Crippen LogP contribution in [0.5, 0.6) is 0 Å². The van der Waals surface area contributed by atoms with Crippen LogP contribution in [-0.4, -0.2) is 64.7 Å². The van der Waals surface area contributed by atoms with Crippen LogP contribution in [0.3, 0.4) is 0 Å². The largest absolute Gasteiger partial charge is 0.623 e. The molecule has 0 unspecified atom stereocenters. The minimum Gasteiger partial charge on any atom is -0.623 e. The van der Waals surface area contributed by atoms with E-state index in [1.807, 2.05) is 26.0 Å². The number of hydroxylamine groups is 1. The summed E-state index contributed by atoms with van der Waals surface area (Å²) >= 11 is 6.12. The molecule has 0 saturated carbocycles. The molecule has 3 heterocycles. The molecule has 7 nitrogen and oxygen atoms in total. The third-order valence-corrected chi connectivity index (χ3v) is 5.18. The van der Waals surface area contributed by atoms with E-state index in [0.29, 0.717) is 18.7 Å². The van der Waals surface area contributed by atoms with Gasteiger partial charge in [0.2, 0.25) is 5.71 Å². The Kier molecular flexibility index (Phi) is 4.18. The number of nitrogens with zero attached hydrogens (tertiary/aromatic N) is 1. The number of hydrogen-bond donors (Lipinski definition) is 0. The summed E-state index contributed by atoms with van der Waals surface area (Å²) in [4.78, 5) is 0. The normalized spacial score (nSPS) is 46.6. The van der Waals surface area contributed by atoms with Crippen LogP contribution in [0.1, 0.15) is 34.1 Å². The maximum atomic E-state index is 13.1. The third-order valence-electron chi connectivity index (χ3n) is 4.85. The Hall–Kier alpha value is -0.700. The van der Waals surface area contributed by atoms with Gasteiger partial charge in [0, 0.05) is 6.42 Å². The van der Waals surface area contributed by atoms with E-state index in [4.69, 9.17) is 35.3 Å². The summed E-state index contributed by atoms with van der Waals surface area (Å²) in [6, 6.07) is -0.343. The second kappa shape index (κ2) is 5.90. The predicted octanol–water partition coefficient (Wildman–Crippen LogP) is 1.90. The van der Waals surface area contributed by atoms with Gasteiger partial charge in [-0.1, -0.05) is 6.08 Å². The Labute approximate surface area is 152 Å². The second-order valence-corrected chi connectivity index (χ2v) is 8.36. The van der Waals surface area contributed by atoms with Gasteiger partial charge in [-0.05, 0) is 33.8 Å². The fourth-order valence-electron chi connectivity index (χ4n) is 3.80. The van der Waals surface area contributed by atoms with Crippen molar-refractivity contribution in [1.82, 2.24) is 0 Å². The molecule has 0 spiro atoms. The molecule has 6 atom stereocenters. The van der Waals surface area contributed by atoms with Crippen LogP contribution in [0.2, 0.25) is 0 Å². The van der Waals surface area contributed by atoms with Crippen LogP contribution < -0.4 is 0 Å². The van der Waals surface area contributed by atoms with Crippen molar-refractivity contribution in [1.29, 1.82) is 0 Å². The highest BCUT2D eigenvalue weighted by atomic mass is 35.5. The second-order valence-electron chi connectivity index (χ2n) is 7.80. The number of ether oxygens (including phenoxy) is 5. The summed E-state index contributed by atoms with van der Waals surface area (Å²) in [6.45, 7) is 7.63. The standard InChI is InChI=1S/C17H24ClNO6/c1-16(2)21-8-11(23-16)13-12(19(20)10-6-5-9(18)7-10)14-15(22-13)25-17(3,4)24-14/h5-6,9-11,13-15H,7-8H2,1-4H3/b19-12+/t9-,10-,11+,13+,14+,15+/m0/s1. The quantitative estimate of drug-likeness (QED) is 0.242. The maximum absolute atomic E-state index is 13.1. The first kappa shape index (κ1) is 17.7. The van der Waals surface area contributed by atoms with Gasteiger partial charge in [0.05, 0.1) is 12.0 Å². The zero-order valence-electron chi connectivity index (χ0n) is 14.8. The molecule has 0 aromatic carbocycles. The van der Waals surface area contributed by atoms with Gasteiger partial charge < -0.3 is 28.9 Å². The Morgan fingerprint density at radius 1 is 1.08 bits per heavy atom. The minimum absolute atomic E-state index is 0.138. The van der Waals surface area contributed by atoms with Gasteiger partial charge in [0.15, 0.2) is 36.1 Å². The zero-order chi connectivity index (χ0) is 18.0. The van der Waals surface area contributed by atoms with Crippen molar-refractivity contribution in [3.05, 3.63) is 17.4 Å². The fraction of sp³-hybridized carbons (Fsp3) is 0.824. The summed E-state index contributed by atoms with van der Waals surface area (Å²) in [6.07, 6.45) is 2.07. The fourth-order valence-corrected chi connectivity index (χ4v) is 4.07. The Morgan fingerprint density at radius 2 is 1.84 bits per heavy atom. The molecule has 3 aliphatic heterocycles. The highest BCUT2D eigenvalue weighted by molar-refractivity contribution is 6.22. The molecule has 3 saturated heterocycles. The molecule has 0 N–H and O–H groups in total. The van der Waals surface area contributed by atoms with E-state index in [1.54, 1.807) is 13.8 Å². The van der Waals surface area contributed by atoms with Gasteiger partial charge in [-0.2, -0.15) is 0 Å². The number of halogens is 1. The van der Waals surface area contributed by atoms with Crippen molar-refractivity contribution >= 4 is 17.3 Å². The SMILES string of the molecule is CC1(C)O[C@H]2O[C@H]([C@H]3COC(C)(C)O3)/C(=[N+](\[O-])[C@H]3C=C[C@H](Cl)C3)[C@H]2O1. The molecule has 0 aromatic rings. The van der Waals surface area contributed by atoms with Gasteiger partial charge in [-0.15, -0.1) is 11.6 Å². The number of rotatable bonds is 2. The van der Waals surface area contributed by atoms with E-state index in [1.165, 1.54) is 0 Å². The molecule has 3 fully saturated rings. The lowest BCUT2D eigenvalue weighted by Gasteiger charge is -2.25. The molecule has 4 aliphatic rings. The van der Waals surface area contributed by atoms with E-state index < -0.39 is 30.1 Å². The molecule has 4 rings (SSSR count). The Balaban J connectivity index is 1.66. The molecule has 0 amide bonds. The van der Waals surface area contributed by atoms with Crippen LogP contribution >= 0.6 is 11.6 Å². The van der Waals surface area contributed by atoms with Crippen molar-refractivity contribution < 1.29 is 28.4 Å². The van der Waals surface area contributed by atoms with E-state index in [2.05, 4.69) is 0 Å². The van der Waals surface area contributed by atoms with Crippen LogP contribution in [0.4, 0.5) is 0 Å². The van der Waals surface area contributed by atoms with Gasteiger partial charge in [-0.25, -0.2) is 4.74 Å². The number of alkyl halides is 1. The van der Waals surface area contributed by atoms with Crippen molar-refractivity contribution in [2.24, 2.45) is 0 Å². The lowest BCUT2D eigenvalue weighted by Crippen LogP contribution is -2.45. The van der Waals surface area contributed by atoms with E-state index >= 15 is 0 Å². The number of fused-ring (bicyclic) bond motifs is 1. The topological polar surface area (TPSA) is 72.2 Å². The number of allylic oxidation sites excluding steroid dienone is 1. The van der Waals surface area contributed by atoms with Crippen molar-refractivity contribution in [2.75, 3.05) is 6.61 Å². The Morgan fingerprint density at radius 3 is 2.44 bits per heavy atom. The van der Waals surface area contributed by atoms with Crippen LogP contribution in [0.25, 0.3) is 0 Å². The van der Waals surface area contributed by atoms with Crippen molar-refractivity contribution in [3.8, 4) is 0 Å². The van der Waals surface area contributed by atoms with E-state index in [0.717, 1.165) is 4.74 Å². The summed E-state index contributed by atoms with van der Waals surface area (Å²) in [5.74, 6) is -1.51. The highest BCUT2D eigenvalue weighted by Gasteiger charge is 2.60. The molecule has 1 aliphatic carbocycles. The minimum atomic E-state index is -0.806. The molecule has 25 heavy (non-hydrogen) atoms. The molecule has 0 radical (unpaired) electrons. The van der Waals surface area contributed by atoms with E-state index in [9.17, 15) is 5.21 Å². The smallest absolute Gasteiger partial charge is 0.230 e. The summed E-state index contributed by atoms with van der Waals surface area (Å²) in [5.41, 5.74) is 0.488. The zero-order valence-corrected chi connectivity index (χ0v) is 15.6. The average molecular weight is 374 g/mol. The molecular formula is C17H24ClNO6. The maximum Gasteiger partial charge on any atom is 0.230 e. The Bertz CT molecular complexity index is 618. The van der Waals surface area contributed by atoms with Gasteiger partial charge in [0.1, 0.15) is 6.10 Å². The number of hydrogen-bond acceptors (Lipinski definition) is 6. The molecule has 0 bridgehead atoms. The molecule has 8 heteroatoms. The summed E-state index contributed by atoms with van der Waals surface area (Å²) in [5, 5.41) is 13.0. The molecular weight excluding hydrogens is 350 g/mol. The van der Waals surface area contributed by atoms with Gasteiger partial charge >= 0.3 is 0 Å². The third kappa shape index (κ3) is 3.22. The lowest BCUT2D eigenvalue weighted by atomic mass is 10.1. The predicted molar refractivity (Wildman–Crippen MR) is 89.4 cm³/mol. The first-order valence-electron chi connectivity index (χ1n) is 8.64. The van der Waals surface area contributed by atoms with Crippen molar-refractivity contribution in [3.63, 3.8) is 0 Å². The first-order valence-corrected chi connectivity index (χ1v) is 9.07. The first-order chi connectivity index (χ1) is 11.7. The highest BCUT2D eigenvalue weighted by Crippen LogP contribution is 2.39. The van der Waals surface area contributed by atoms with Crippen molar-refractivity contribution in [2.45, 2.75) is 81.7 Å². The monoisotopic (exact) mass is 373 g/mol. The average Bonchev–Trinajstić information content (AvgIpc) is 3.20. The van der Waals surface area contributed by atoms with Crippen LogP contribution in [0.15, 0.2) is 12.2 Å². The molecule has 0 aromatic heterocycles.